The Morgan fingerprint density at radius 1 is 1.05 bits per heavy atom. The van der Waals surface area contributed by atoms with Crippen molar-refractivity contribution in [3.8, 4) is 0 Å². The van der Waals surface area contributed by atoms with Gasteiger partial charge in [-0.2, -0.15) is 0 Å². The second-order valence-corrected chi connectivity index (χ2v) is 14.7. The van der Waals surface area contributed by atoms with Gasteiger partial charge >= 0.3 is 0 Å². The molecular formula is C34H44FN3O2S. The lowest BCUT2D eigenvalue weighted by atomic mass is 9.91. The van der Waals surface area contributed by atoms with Crippen LogP contribution in [-0.4, -0.2) is 24.8 Å². The van der Waals surface area contributed by atoms with Crippen LogP contribution in [0.5, 0.6) is 0 Å². The molecule has 0 amide bonds. The van der Waals surface area contributed by atoms with Crippen LogP contribution in [0, 0.1) is 11.7 Å². The Morgan fingerprint density at radius 2 is 1.83 bits per heavy atom. The number of nitrogens with one attached hydrogen (secondary N) is 1. The van der Waals surface area contributed by atoms with Gasteiger partial charge in [0.25, 0.3) is 10.0 Å². The lowest BCUT2D eigenvalue weighted by molar-refractivity contribution is 0.191. The summed E-state index contributed by atoms with van der Waals surface area (Å²) >= 11 is 0. The summed E-state index contributed by atoms with van der Waals surface area (Å²) in [4.78, 5) is 7.26. The number of benzene rings is 2. The van der Waals surface area contributed by atoms with Crippen molar-refractivity contribution in [1.29, 1.82) is 0 Å². The van der Waals surface area contributed by atoms with Crippen molar-refractivity contribution in [3.63, 3.8) is 0 Å². The van der Waals surface area contributed by atoms with Gasteiger partial charge in [0, 0.05) is 36.4 Å². The summed E-state index contributed by atoms with van der Waals surface area (Å²) in [6.45, 7) is 10.2. The quantitative estimate of drug-likeness (QED) is 0.280. The second kappa shape index (κ2) is 12.2. The predicted molar refractivity (Wildman–Crippen MR) is 164 cm³/mol. The molecule has 1 aromatic heterocycles. The minimum atomic E-state index is -3.91. The van der Waals surface area contributed by atoms with Crippen molar-refractivity contribution in [2.75, 3.05) is 11.3 Å². The highest BCUT2D eigenvalue weighted by molar-refractivity contribution is 7.92. The number of pyridine rings is 1. The van der Waals surface area contributed by atoms with Crippen LogP contribution in [0.1, 0.15) is 100 Å². The first-order valence-corrected chi connectivity index (χ1v) is 16.6. The van der Waals surface area contributed by atoms with Crippen LogP contribution in [-0.2, 0) is 34.8 Å². The molecule has 2 aromatic carbocycles. The third kappa shape index (κ3) is 7.18. The number of fused-ring (bicyclic) bond motifs is 1. The van der Waals surface area contributed by atoms with Crippen LogP contribution in [0.15, 0.2) is 59.6 Å². The molecule has 0 spiro atoms. The molecule has 1 aliphatic heterocycles. The highest BCUT2D eigenvalue weighted by Gasteiger charge is 2.25. The molecule has 41 heavy (non-hydrogen) atoms. The number of aryl methyl sites for hydroxylation is 1. The number of aromatic nitrogens is 1. The standard InChI is InChI=1S/C34H44FN3O2S/c1-24(28-14-17-33(36-22-28)34(2,3)4)38-19-18-27-21-30(15-13-29(27)23-38)41(39,40)37-32-16-12-26(20-31(32)35)11-7-10-25-8-5-6-9-25/h12-17,20-22,24-25,37H,5-11,18-19,23H2,1-4H3/t24-/m1/s1. The number of sulfonamides is 1. The van der Waals surface area contributed by atoms with E-state index in [-0.39, 0.29) is 22.0 Å². The average Bonchev–Trinajstić information content (AvgIpc) is 3.47. The zero-order valence-electron chi connectivity index (χ0n) is 24.9. The molecule has 220 valence electrons. The number of halogens is 1. The van der Waals surface area contributed by atoms with Crippen molar-refractivity contribution in [2.45, 2.75) is 102 Å². The molecule has 5 nitrogen and oxygen atoms in total. The molecule has 7 heteroatoms. The van der Waals surface area contributed by atoms with Gasteiger partial charge in [0.15, 0.2) is 0 Å². The van der Waals surface area contributed by atoms with Crippen molar-refractivity contribution in [2.24, 2.45) is 5.92 Å². The minimum absolute atomic E-state index is 0.00616. The number of anilines is 1. The van der Waals surface area contributed by atoms with Crippen molar-refractivity contribution in [1.82, 2.24) is 9.88 Å². The van der Waals surface area contributed by atoms with E-state index in [2.05, 4.69) is 49.4 Å². The molecule has 1 atom stereocenters. The topological polar surface area (TPSA) is 62.3 Å². The van der Waals surface area contributed by atoms with E-state index in [0.29, 0.717) is 0 Å². The largest absolute Gasteiger partial charge is 0.292 e. The zero-order chi connectivity index (χ0) is 29.2. The van der Waals surface area contributed by atoms with Gasteiger partial charge in [-0.25, -0.2) is 12.8 Å². The molecule has 0 unspecified atom stereocenters. The van der Waals surface area contributed by atoms with Crippen molar-refractivity contribution in [3.05, 3.63) is 88.5 Å². The summed E-state index contributed by atoms with van der Waals surface area (Å²) in [6, 6.07) is 14.6. The first kappa shape index (κ1) is 29.7. The maximum atomic E-state index is 14.9. The molecule has 1 aliphatic carbocycles. The Balaban J connectivity index is 1.21. The molecule has 0 bridgehead atoms. The van der Waals surface area contributed by atoms with Crippen LogP contribution in [0.2, 0.25) is 0 Å². The Kier molecular flexibility index (Phi) is 8.86. The second-order valence-electron chi connectivity index (χ2n) is 13.0. The van der Waals surface area contributed by atoms with E-state index in [0.717, 1.165) is 60.7 Å². The molecule has 3 aromatic rings. The first-order valence-electron chi connectivity index (χ1n) is 15.1. The van der Waals surface area contributed by atoms with Gasteiger partial charge in [-0.05, 0) is 84.7 Å². The van der Waals surface area contributed by atoms with Gasteiger partial charge in [-0.1, -0.05) is 71.1 Å². The number of nitrogens with zero attached hydrogens (tertiary/aromatic N) is 2. The fraction of sp³-hybridized carbons (Fsp3) is 0.500. The summed E-state index contributed by atoms with van der Waals surface area (Å²) < 4.78 is 43.8. The van der Waals surface area contributed by atoms with Crippen LogP contribution in [0.25, 0.3) is 0 Å². The molecular weight excluding hydrogens is 533 g/mol. The van der Waals surface area contributed by atoms with E-state index in [1.165, 1.54) is 43.7 Å². The summed E-state index contributed by atoms with van der Waals surface area (Å²) in [7, 11) is -3.91. The molecule has 2 aliphatic rings. The van der Waals surface area contributed by atoms with Gasteiger partial charge in [0.2, 0.25) is 0 Å². The normalized spacial score (nSPS) is 17.4. The van der Waals surface area contributed by atoms with E-state index >= 15 is 0 Å². The monoisotopic (exact) mass is 577 g/mol. The molecule has 1 fully saturated rings. The fourth-order valence-corrected chi connectivity index (χ4v) is 7.37. The predicted octanol–water partition coefficient (Wildman–Crippen LogP) is 7.95. The fourth-order valence-electron chi connectivity index (χ4n) is 6.25. The number of hydrogen-bond donors (Lipinski definition) is 1. The third-order valence-corrected chi connectivity index (χ3v) is 10.3. The third-order valence-electron chi connectivity index (χ3n) is 8.95. The Morgan fingerprint density at radius 3 is 2.51 bits per heavy atom. The lowest BCUT2D eigenvalue weighted by Gasteiger charge is -2.34. The summed E-state index contributed by atoms with van der Waals surface area (Å²) in [5.41, 5.74) is 5.31. The van der Waals surface area contributed by atoms with Gasteiger partial charge in [0.1, 0.15) is 5.82 Å². The Labute approximate surface area is 245 Å². The summed E-state index contributed by atoms with van der Waals surface area (Å²) in [6.07, 6.45) is 11.1. The molecule has 0 saturated heterocycles. The van der Waals surface area contributed by atoms with Crippen LogP contribution in [0.3, 0.4) is 0 Å². The van der Waals surface area contributed by atoms with Crippen LogP contribution in [0.4, 0.5) is 10.1 Å². The molecule has 0 radical (unpaired) electrons. The average molecular weight is 578 g/mol. The number of hydrogen-bond acceptors (Lipinski definition) is 4. The summed E-state index contributed by atoms with van der Waals surface area (Å²) in [5.74, 6) is 0.289. The van der Waals surface area contributed by atoms with E-state index in [1.807, 2.05) is 18.3 Å². The van der Waals surface area contributed by atoms with Crippen molar-refractivity contribution >= 4 is 15.7 Å². The van der Waals surface area contributed by atoms with E-state index in [4.69, 9.17) is 4.98 Å². The number of rotatable bonds is 9. The highest BCUT2D eigenvalue weighted by atomic mass is 32.2. The smallest absolute Gasteiger partial charge is 0.261 e. The van der Waals surface area contributed by atoms with E-state index in [9.17, 15) is 12.8 Å². The van der Waals surface area contributed by atoms with Crippen LogP contribution >= 0.6 is 0 Å². The van der Waals surface area contributed by atoms with Crippen LogP contribution < -0.4 is 4.72 Å². The minimum Gasteiger partial charge on any atom is -0.292 e. The van der Waals surface area contributed by atoms with Gasteiger partial charge in [-0.3, -0.25) is 14.6 Å². The first-order chi connectivity index (χ1) is 19.5. The molecule has 1 saturated carbocycles. The van der Waals surface area contributed by atoms with Gasteiger partial charge in [0.05, 0.1) is 10.6 Å². The lowest BCUT2D eigenvalue weighted by Crippen LogP contribution is -2.33. The van der Waals surface area contributed by atoms with Gasteiger partial charge < -0.3 is 0 Å². The maximum Gasteiger partial charge on any atom is 0.261 e. The molecule has 1 N–H and O–H groups in total. The molecule has 5 rings (SSSR count). The van der Waals surface area contributed by atoms with E-state index < -0.39 is 15.8 Å². The zero-order valence-corrected chi connectivity index (χ0v) is 25.7. The molecule has 2 heterocycles. The van der Waals surface area contributed by atoms with E-state index in [1.54, 1.807) is 18.2 Å². The van der Waals surface area contributed by atoms with Gasteiger partial charge in [-0.15, -0.1) is 0 Å². The summed E-state index contributed by atoms with van der Waals surface area (Å²) in [5, 5.41) is 0. The highest BCUT2D eigenvalue weighted by Crippen LogP contribution is 2.31. The SMILES string of the molecule is C[C@H](c1ccc(C(C)(C)C)nc1)N1CCc2cc(S(=O)(=O)Nc3ccc(CCCC4CCCC4)cc3F)ccc2C1. The Hall–Kier alpha value is -2.77. The maximum absolute atomic E-state index is 14.9. The van der Waals surface area contributed by atoms with Crippen molar-refractivity contribution < 1.29 is 12.8 Å². The Bertz CT molecular complexity index is 1460.